The number of benzene rings is 1. The number of nitrogens with one attached hydrogen (secondary N) is 2. The third-order valence-electron chi connectivity index (χ3n) is 3.88. The van der Waals surface area contributed by atoms with Gasteiger partial charge in [-0.05, 0) is 49.9 Å². The molecular formula is C15H17F3N2O3. The van der Waals surface area contributed by atoms with Crippen LogP contribution in [0.25, 0.3) is 0 Å². The minimum Gasteiger partial charge on any atom is -0.481 e. The molecule has 1 aliphatic rings. The van der Waals surface area contributed by atoms with Crippen LogP contribution < -0.4 is 10.6 Å². The lowest BCUT2D eigenvalue weighted by Crippen LogP contribution is -2.40. The van der Waals surface area contributed by atoms with Crippen LogP contribution in [0.3, 0.4) is 0 Å². The van der Waals surface area contributed by atoms with Gasteiger partial charge in [-0.3, -0.25) is 4.79 Å². The monoisotopic (exact) mass is 330 g/mol. The van der Waals surface area contributed by atoms with Crippen molar-refractivity contribution in [2.45, 2.75) is 37.9 Å². The summed E-state index contributed by atoms with van der Waals surface area (Å²) in [6, 6.07) is 3.53. The molecule has 0 atom stereocenters. The van der Waals surface area contributed by atoms with Crippen molar-refractivity contribution in [2.75, 3.05) is 5.32 Å². The number of carbonyl (C=O) groups excluding carboxylic acids is 1. The number of alkyl halides is 3. The highest BCUT2D eigenvalue weighted by atomic mass is 19.4. The first-order valence-electron chi connectivity index (χ1n) is 7.23. The number of aliphatic carboxylic acids is 1. The summed E-state index contributed by atoms with van der Waals surface area (Å²) in [5.41, 5.74) is -0.523. The number of hydrogen-bond donors (Lipinski definition) is 3. The van der Waals surface area contributed by atoms with E-state index in [2.05, 4.69) is 10.6 Å². The van der Waals surface area contributed by atoms with E-state index in [1.165, 1.54) is 12.1 Å². The lowest BCUT2D eigenvalue weighted by atomic mass is 9.86. The van der Waals surface area contributed by atoms with E-state index in [1.54, 1.807) is 0 Å². The molecule has 1 saturated carbocycles. The van der Waals surface area contributed by atoms with E-state index >= 15 is 0 Å². The Hall–Kier alpha value is -2.25. The van der Waals surface area contributed by atoms with Gasteiger partial charge in [0.05, 0.1) is 11.5 Å². The van der Waals surface area contributed by atoms with Crippen molar-refractivity contribution in [2.24, 2.45) is 5.92 Å². The molecule has 23 heavy (non-hydrogen) atoms. The van der Waals surface area contributed by atoms with Crippen LogP contribution in [0.1, 0.15) is 31.2 Å². The highest BCUT2D eigenvalue weighted by molar-refractivity contribution is 5.89. The van der Waals surface area contributed by atoms with Crippen molar-refractivity contribution in [3.63, 3.8) is 0 Å². The van der Waals surface area contributed by atoms with Gasteiger partial charge in [0.1, 0.15) is 0 Å². The zero-order valence-electron chi connectivity index (χ0n) is 12.2. The standard InChI is InChI=1S/C15H17F3N2O3/c16-15(17,18)10-3-7-12(8-4-10)20-14(23)19-11-5-1-9(2-6-11)13(21)22/h3-4,7-9,11H,1-2,5-6H2,(H,21,22)(H2,19,20,23). The van der Waals surface area contributed by atoms with Gasteiger partial charge in [-0.2, -0.15) is 13.2 Å². The fraction of sp³-hybridized carbons (Fsp3) is 0.467. The van der Waals surface area contributed by atoms with E-state index in [1.807, 2.05) is 0 Å². The lowest BCUT2D eigenvalue weighted by molar-refractivity contribution is -0.143. The van der Waals surface area contributed by atoms with Crippen molar-refractivity contribution in [1.82, 2.24) is 5.32 Å². The molecule has 2 amide bonds. The Kier molecular flexibility index (Phi) is 5.12. The number of urea groups is 1. The van der Waals surface area contributed by atoms with E-state index < -0.39 is 23.7 Å². The maximum absolute atomic E-state index is 12.4. The van der Waals surface area contributed by atoms with Crippen LogP contribution in [0.2, 0.25) is 0 Å². The highest BCUT2D eigenvalue weighted by Gasteiger charge is 2.30. The van der Waals surface area contributed by atoms with Crippen molar-refractivity contribution in [3.05, 3.63) is 29.8 Å². The third-order valence-corrected chi connectivity index (χ3v) is 3.88. The third kappa shape index (κ3) is 4.87. The molecule has 8 heteroatoms. The van der Waals surface area contributed by atoms with Crippen molar-refractivity contribution in [3.8, 4) is 0 Å². The molecule has 1 aliphatic carbocycles. The van der Waals surface area contributed by atoms with Gasteiger partial charge in [0.15, 0.2) is 0 Å². The summed E-state index contributed by atoms with van der Waals surface area (Å²) in [5.74, 6) is -1.19. The van der Waals surface area contributed by atoms with Gasteiger partial charge >= 0.3 is 18.2 Å². The number of carboxylic acid groups (broad SMARTS) is 1. The predicted octanol–water partition coefficient (Wildman–Crippen LogP) is 3.47. The van der Waals surface area contributed by atoms with Crippen molar-refractivity contribution in [1.29, 1.82) is 0 Å². The predicted molar refractivity (Wildman–Crippen MR) is 77.0 cm³/mol. The molecule has 126 valence electrons. The summed E-state index contributed by atoms with van der Waals surface area (Å²) < 4.78 is 37.3. The molecule has 0 saturated heterocycles. The van der Waals surface area contributed by atoms with Gasteiger partial charge < -0.3 is 15.7 Å². The molecule has 1 aromatic rings. The molecule has 0 spiro atoms. The molecule has 0 unspecified atom stereocenters. The summed E-state index contributed by atoms with van der Waals surface area (Å²) >= 11 is 0. The summed E-state index contributed by atoms with van der Waals surface area (Å²) in [6.45, 7) is 0. The maximum Gasteiger partial charge on any atom is 0.416 e. The molecule has 5 nitrogen and oxygen atoms in total. The summed E-state index contributed by atoms with van der Waals surface area (Å²) in [4.78, 5) is 22.7. The van der Waals surface area contributed by atoms with Crippen molar-refractivity contribution < 1.29 is 27.9 Å². The van der Waals surface area contributed by atoms with Crippen LogP contribution in [0, 0.1) is 5.92 Å². The summed E-state index contributed by atoms with van der Waals surface area (Å²) in [5, 5.41) is 14.1. The largest absolute Gasteiger partial charge is 0.481 e. The minimum absolute atomic E-state index is 0.125. The van der Waals surface area contributed by atoms with E-state index in [0.29, 0.717) is 25.7 Å². The number of anilines is 1. The average molecular weight is 330 g/mol. The first-order chi connectivity index (χ1) is 10.8. The van der Waals surface area contributed by atoms with Gasteiger partial charge in [-0.1, -0.05) is 0 Å². The van der Waals surface area contributed by atoms with Crippen LogP contribution in [-0.4, -0.2) is 23.1 Å². The molecule has 0 aromatic heterocycles. The summed E-state index contributed by atoms with van der Waals surface area (Å²) in [7, 11) is 0. The first kappa shape index (κ1) is 17.1. The molecule has 1 aromatic carbocycles. The van der Waals surface area contributed by atoms with Gasteiger partial charge in [0, 0.05) is 11.7 Å². The quantitative estimate of drug-likeness (QED) is 0.794. The zero-order valence-corrected chi connectivity index (χ0v) is 12.2. The minimum atomic E-state index is -4.41. The van der Waals surface area contributed by atoms with Crippen LogP contribution in [0.5, 0.6) is 0 Å². The van der Waals surface area contributed by atoms with E-state index in [4.69, 9.17) is 5.11 Å². The van der Waals surface area contributed by atoms with Crippen LogP contribution in [0.4, 0.5) is 23.7 Å². The van der Waals surface area contributed by atoms with Crippen LogP contribution >= 0.6 is 0 Å². The Morgan fingerprint density at radius 2 is 1.61 bits per heavy atom. The number of halogens is 3. The zero-order chi connectivity index (χ0) is 17.0. The molecule has 0 radical (unpaired) electrons. The number of carboxylic acids is 1. The maximum atomic E-state index is 12.4. The Morgan fingerprint density at radius 1 is 1.04 bits per heavy atom. The second-order valence-corrected chi connectivity index (χ2v) is 5.56. The Labute approximate surface area is 130 Å². The van der Waals surface area contributed by atoms with E-state index in [-0.39, 0.29) is 17.6 Å². The fourth-order valence-corrected chi connectivity index (χ4v) is 2.58. The number of rotatable bonds is 3. The number of hydrogen-bond acceptors (Lipinski definition) is 2. The topological polar surface area (TPSA) is 78.4 Å². The van der Waals surface area contributed by atoms with Crippen molar-refractivity contribution >= 4 is 17.7 Å². The van der Waals surface area contributed by atoms with E-state index in [9.17, 15) is 22.8 Å². The van der Waals surface area contributed by atoms with Crippen LogP contribution in [-0.2, 0) is 11.0 Å². The molecule has 0 bridgehead atoms. The SMILES string of the molecule is O=C(Nc1ccc(C(F)(F)F)cc1)NC1CCC(C(=O)O)CC1. The lowest BCUT2D eigenvalue weighted by Gasteiger charge is -2.26. The van der Waals surface area contributed by atoms with Gasteiger partial charge in [-0.25, -0.2) is 4.79 Å². The first-order valence-corrected chi connectivity index (χ1v) is 7.23. The summed E-state index contributed by atoms with van der Waals surface area (Å²) in [6.07, 6.45) is -2.28. The number of carbonyl (C=O) groups is 2. The molecule has 0 aliphatic heterocycles. The Morgan fingerprint density at radius 3 is 2.09 bits per heavy atom. The second-order valence-electron chi connectivity index (χ2n) is 5.56. The van der Waals surface area contributed by atoms with E-state index in [0.717, 1.165) is 12.1 Å². The van der Waals surface area contributed by atoms with Crippen LogP contribution in [0.15, 0.2) is 24.3 Å². The molecule has 1 fully saturated rings. The molecule has 0 heterocycles. The van der Waals surface area contributed by atoms with Gasteiger partial charge in [-0.15, -0.1) is 0 Å². The van der Waals surface area contributed by atoms with Gasteiger partial charge in [0.25, 0.3) is 0 Å². The number of amides is 2. The highest BCUT2D eigenvalue weighted by Crippen LogP contribution is 2.30. The Balaban J connectivity index is 1.82. The molecule has 2 rings (SSSR count). The average Bonchev–Trinajstić information content (AvgIpc) is 2.47. The molecular weight excluding hydrogens is 313 g/mol. The fourth-order valence-electron chi connectivity index (χ4n) is 2.58. The molecule has 3 N–H and O–H groups in total. The second kappa shape index (κ2) is 6.89. The van der Waals surface area contributed by atoms with Gasteiger partial charge in [0.2, 0.25) is 0 Å². The normalized spacial score (nSPS) is 21.5. The Bertz CT molecular complexity index is 564. The smallest absolute Gasteiger partial charge is 0.416 e.